The summed E-state index contributed by atoms with van der Waals surface area (Å²) in [5.74, 6) is -0.00655. The van der Waals surface area contributed by atoms with E-state index in [9.17, 15) is 4.79 Å². The quantitative estimate of drug-likeness (QED) is 0.878. The average Bonchev–Trinajstić information content (AvgIpc) is 3.04. The first kappa shape index (κ1) is 18.2. The predicted octanol–water partition coefficient (Wildman–Crippen LogP) is 1.82. The highest BCUT2D eigenvalue weighted by molar-refractivity contribution is 5.86. The molecule has 6 heteroatoms. The van der Waals surface area contributed by atoms with Crippen LogP contribution in [0.25, 0.3) is 0 Å². The van der Waals surface area contributed by atoms with Gasteiger partial charge in [0.25, 0.3) is 5.91 Å². The number of benzene rings is 1. The maximum Gasteiger partial charge on any atom is 0.252 e. The van der Waals surface area contributed by atoms with Crippen molar-refractivity contribution in [2.75, 3.05) is 26.8 Å². The third-order valence-electron chi connectivity index (χ3n) is 4.75. The number of hydrogen-bond acceptors (Lipinski definition) is 4. The maximum absolute atomic E-state index is 12.8. The largest absolute Gasteiger partial charge is 0.371 e. The van der Waals surface area contributed by atoms with Crippen molar-refractivity contribution < 1.29 is 14.3 Å². The summed E-state index contributed by atoms with van der Waals surface area (Å²) in [6, 6.07) is 10.1. The van der Waals surface area contributed by atoms with Gasteiger partial charge in [0.1, 0.15) is 11.7 Å². The summed E-state index contributed by atoms with van der Waals surface area (Å²) in [7, 11) is 1.63. The Balaban J connectivity index is 0.00000192. The van der Waals surface area contributed by atoms with Crippen molar-refractivity contribution in [3.05, 3.63) is 35.9 Å². The van der Waals surface area contributed by atoms with Gasteiger partial charge in [0.05, 0.1) is 6.04 Å². The first-order valence-electron chi connectivity index (χ1n) is 7.98. The number of piperidine rings is 1. The molecule has 2 unspecified atom stereocenters. The zero-order chi connectivity index (χ0) is 15.4. The fourth-order valence-corrected chi connectivity index (χ4v) is 3.36. The van der Waals surface area contributed by atoms with Crippen LogP contribution in [0.4, 0.5) is 0 Å². The topological polar surface area (TPSA) is 59.6 Å². The van der Waals surface area contributed by atoms with Crippen molar-refractivity contribution in [3.63, 3.8) is 0 Å². The number of nitrogens with one attached hydrogen (secondary N) is 2. The average molecular weight is 341 g/mol. The molecule has 0 aromatic heterocycles. The molecule has 0 aliphatic carbocycles. The van der Waals surface area contributed by atoms with Crippen LogP contribution in [0.1, 0.15) is 30.9 Å². The molecule has 1 aromatic carbocycles. The molecule has 5 nitrogen and oxygen atoms in total. The summed E-state index contributed by atoms with van der Waals surface area (Å²) in [6.07, 6.45) is 2.18. The van der Waals surface area contributed by atoms with E-state index < -0.39 is 5.60 Å². The number of methoxy groups -OCH3 is 1. The Morgan fingerprint density at radius 3 is 2.65 bits per heavy atom. The number of rotatable bonds is 4. The zero-order valence-electron chi connectivity index (χ0n) is 13.4. The Kier molecular flexibility index (Phi) is 6.41. The number of halogens is 1. The Bertz CT molecular complexity index is 506. The van der Waals surface area contributed by atoms with E-state index in [1.165, 1.54) is 0 Å². The number of carbonyl (C=O) groups excluding carboxylic acids is 1. The van der Waals surface area contributed by atoms with Crippen LogP contribution in [-0.2, 0) is 14.3 Å². The summed E-state index contributed by atoms with van der Waals surface area (Å²) in [4.78, 5) is 12.8. The number of amides is 1. The third kappa shape index (κ3) is 3.86. The molecule has 2 fully saturated rings. The highest BCUT2D eigenvalue weighted by atomic mass is 35.5. The van der Waals surface area contributed by atoms with Crippen LogP contribution in [-0.4, -0.2) is 44.4 Å². The van der Waals surface area contributed by atoms with Crippen molar-refractivity contribution in [2.24, 2.45) is 0 Å². The van der Waals surface area contributed by atoms with E-state index in [2.05, 4.69) is 10.6 Å². The van der Waals surface area contributed by atoms with Crippen molar-refractivity contribution >= 4 is 18.3 Å². The third-order valence-corrected chi connectivity index (χ3v) is 4.75. The lowest BCUT2D eigenvalue weighted by molar-refractivity contribution is -0.147. The molecule has 1 aromatic rings. The molecule has 0 saturated carbocycles. The SMILES string of the molecule is COC1(C(=O)NC2CCOC2c2ccccc2)CCNCC1.Cl. The van der Waals surface area contributed by atoms with Crippen LogP contribution in [0.5, 0.6) is 0 Å². The molecule has 2 aliphatic heterocycles. The molecule has 23 heavy (non-hydrogen) atoms. The van der Waals surface area contributed by atoms with Crippen LogP contribution < -0.4 is 10.6 Å². The van der Waals surface area contributed by atoms with Crippen molar-refractivity contribution in [1.82, 2.24) is 10.6 Å². The van der Waals surface area contributed by atoms with Gasteiger partial charge in [0.2, 0.25) is 0 Å². The second kappa shape index (κ2) is 8.11. The fraction of sp³-hybridized carbons (Fsp3) is 0.588. The van der Waals surface area contributed by atoms with Gasteiger partial charge in [0, 0.05) is 13.7 Å². The predicted molar refractivity (Wildman–Crippen MR) is 90.8 cm³/mol. The second-order valence-electron chi connectivity index (χ2n) is 6.02. The summed E-state index contributed by atoms with van der Waals surface area (Å²) < 4.78 is 11.4. The molecule has 0 spiro atoms. The Morgan fingerprint density at radius 1 is 1.30 bits per heavy atom. The molecule has 2 aliphatic rings. The standard InChI is InChI=1S/C17H24N2O3.ClH/c1-21-17(8-10-18-11-9-17)16(20)19-14-7-12-22-15(14)13-5-3-2-4-6-13;/h2-6,14-15,18H,7-12H2,1H3,(H,19,20);1H. The summed E-state index contributed by atoms with van der Waals surface area (Å²) >= 11 is 0. The van der Waals surface area contributed by atoms with Crippen LogP contribution in [0.2, 0.25) is 0 Å². The lowest BCUT2D eigenvalue weighted by Gasteiger charge is -2.36. The van der Waals surface area contributed by atoms with Crippen LogP contribution in [0.3, 0.4) is 0 Å². The molecule has 128 valence electrons. The molecule has 1 amide bonds. The van der Waals surface area contributed by atoms with Crippen LogP contribution >= 0.6 is 12.4 Å². The highest BCUT2D eigenvalue weighted by Gasteiger charge is 2.42. The molecular formula is C17H25ClN2O3. The van der Waals surface area contributed by atoms with Gasteiger partial charge in [-0.15, -0.1) is 12.4 Å². The van der Waals surface area contributed by atoms with E-state index in [0.717, 1.165) is 25.1 Å². The number of hydrogen-bond donors (Lipinski definition) is 2. The lowest BCUT2D eigenvalue weighted by Crippen LogP contribution is -2.56. The lowest BCUT2D eigenvalue weighted by atomic mass is 9.90. The molecule has 0 radical (unpaired) electrons. The fourth-order valence-electron chi connectivity index (χ4n) is 3.36. The van der Waals surface area contributed by atoms with Crippen LogP contribution in [0.15, 0.2) is 30.3 Å². The highest BCUT2D eigenvalue weighted by Crippen LogP contribution is 2.30. The monoisotopic (exact) mass is 340 g/mol. The van der Waals surface area contributed by atoms with E-state index >= 15 is 0 Å². The Hall–Kier alpha value is -1.14. The number of ether oxygens (including phenoxy) is 2. The molecule has 2 saturated heterocycles. The van der Waals surface area contributed by atoms with Crippen molar-refractivity contribution in [1.29, 1.82) is 0 Å². The van der Waals surface area contributed by atoms with E-state index in [4.69, 9.17) is 9.47 Å². The van der Waals surface area contributed by atoms with Gasteiger partial charge >= 0.3 is 0 Å². The minimum atomic E-state index is -0.699. The minimum absolute atomic E-state index is 0. The molecule has 3 rings (SSSR count). The van der Waals surface area contributed by atoms with E-state index in [1.54, 1.807) is 7.11 Å². The molecule has 2 atom stereocenters. The van der Waals surface area contributed by atoms with Gasteiger partial charge in [-0.05, 0) is 37.9 Å². The van der Waals surface area contributed by atoms with Gasteiger partial charge in [-0.25, -0.2) is 0 Å². The van der Waals surface area contributed by atoms with Gasteiger partial charge in [0.15, 0.2) is 0 Å². The Morgan fingerprint density at radius 2 is 2.00 bits per heavy atom. The molecule has 0 bridgehead atoms. The first-order valence-corrected chi connectivity index (χ1v) is 7.98. The molecular weight excluding hydrogens is 316 g/mol. The molecule has 2 heterocycles. The number of carbonyl (C=O) groups is 1. The normalized spacial score (nSPS) is 26.3. The van der Waals surface area contributed by atoms with Gasteiger partial charge in [-0.3, -0.25) is 4.79 Å². The minimum Gasteiger partial charge on any atom is -0.371 e. The summed E-state index contributed by atoms with van der Waals surface area (Å²) in [5.41, 5.74) is 0.414. The van der Waals surface area contributed by atoms with Gasteiger partial charge < -0.3 is 20.1 Å². The maximum atomic E-state index is 12.8. The van der Waals surface area contributed by atoms with E-state index in [1.807, 2.05) is 30.3 Å². The zero-order valence-corrected chi connectivity index (χ0v) is 14.2. The van der Waals surface area contributed by atoms with Gasteiger partial charge in [-0.1, -0.05) is 30.3 Å². The summed E-state index contributed by atoms with van der Waals surface area (Å²) in [6.45, 7) is 2.29. The van der Waals surface area contributed by atoms with Crippen molar-refractivity contribution in [2.45, 2.75) is 37.0 Å². The smallest absolute Gasteiger partial charge is 0.252 e. The van der Waals surface area contributed by atoms with E-state index in [-0.39, 0.29) is 30.5 Å². The summed E-state index contributed by atoms with van der Waals surface area (Å²) in [5, 5.41) is 6.44. The molecule has 2 N–H and O–H groups in total. The van der Waals surface area contributed by atoms with Gasteiger partial charge in [-0.2, -0.15) is 0 Å². The Labute approximate surface area is 143 Å². The van der Waals surface area contributed by atoms with Crippen LogP contribution in [0, 0.1) is 0 Å². The second-order valence-corrected chi connectivity index (χ2v) is 6.02. The first-order chi connectivity index (χ1) is 10.7. The van der Waals surface area contributed by atoms with E-state index in [0.29, 0.717) is 19.4 Å². The van der Waals surface area contributed by atoms with Crippen molar-refractivity contribution in [3.8, 4) is 0 Å².